The third-order valence-electron chi connectivity index (χ3n) is 3.68. The summed E-state index contributed by atoms with van der Waals surface area (Å²) in [5.41, 5.74) is 1.22. The minimum absolute atomic E-state index is 0.277. The highest BCUT2D eigenvalue weighted by Gasteiger charge is 2.31. The number of carbonyl (C=O) groups is 2. The van der Waals surface area contributed by atoms with Crippen molar-refractivity contribution in [1.29, 1.82) is 0 Å². The Morgan fingerprint density at radius 1 is 1.45 bits per heavy atom. The molecule has 2 rings (SSSR count). The van der Waals surface area contributed by atoms with Crippen LogP contribution in [0.15, 0.2) is 6.07 Å². The van der Waals surface area contributed by atoms with Crippen LogP contribution in [0.2, 0.25) is 0 Å². The maximum Gasteiger partial charge on any atom is 0.326 e. The van der Waals surface area contributed by atoms with Crippen molar-refractivity contribution in [3.05, 3.63) is 21.4 Å². The molecule has 1 aliphatic rings. The van der Waals surface area contributed by atoms with Crippen LogP contribution in [0.25, 0.3) is 0 Å². The van der Waals surface area contributed by atoms with Gasteiger partial charge in [0.25, 0.3) is 0 Å². The number of hydrogen-bond donors (Lipinski definition) is 2. The van der Waals surface area contributed by atoms with Crippen LogP contribution in [-0.4, -0.2) is 34.6 Å². The van der Waals surface area contributed by atoms with Crippen LogP contribution in [0.5, 0.6) is 0 Å². The SMILES string of the molecule is Cc1cc(CNC(=O)N2CCCCC2C(=O)O)sc1C. The summed E-state index contributed by atoms with van der Waals surface area (Å²) in [5.74, 6) is -0.914. The van der Waals surface area contributed by atoms with E-state index in [2.05, 4.69) is 18.3 Å². The van der Waals surface area contributed by atoms with Crippen LogP contribution in [0.3, 0.4) is 0 Å². The molecule has 110 valence electrons. The van der Waals surface area contributed by atoms with Gasteiger partial charge in [0, 0.05) is 16.3 Å². The molecular weight excluding hydrogens is 276 g/mol. The Morgan fingerprint density at radius 3 is 2.80 bits per heavy atom. The van der Waals surface area contributed by atoms with E-state index in [-0.39, 0.29) is 6.03 Å². The van der Waals surface area contributed by atoms with Gasteiger partial charge in [-0.1, -0.05) is 0 Å². The largest absolute Gasteiger partial charge is 0.480 e. The van der Waals surface area contributed by atoms with Crippen molar-refractivity contribution in [2.75, 3.05) is 6.54 Å². The highest BCUT2D eigenvalue weighted by molar-refractivity contribution is 7.12. The van der Waals surface area contributed by atoms with E-state index in [9.17, 15) is 9.59 Å². The molecule has 2 amide bonds. The number of carboxylic acids is 1. The Hall–Kier alpha value is -1.56. The van der Waals surface area contributed by atoms with Crippen molar-refractivity contribution in [1.82, 2.24) is 10.2 Å². The van der Waals surface area contributed by atoms with Crippen LogP contribution in [0.4, 0.5) is 4.79 Å². The van der Waals surface area contributed by atoms with E-state index in [1.165, 1.54) is 15.3 Å². The number of piperidine rings is 1. The van der Waals surface area contributed by atoms with E-state index in [1.54, 1.807) is 11.3 Å². The molecule has 1 aromatic heterocycles. The van der Waals surface area contributed by atoms with E-state index in [4.69, 9.17) is 5.11 Å². The summed E-state index contributed by atoms with van der Waals surface area (Å²) < 4.78 is 0. The van der Waals surface area contributed by atoms with Gasteiger partial charge in [0.05, 0.1) is 6.54 Å². The molecule has 0 radical (unpaired) electrons. The standard InChI is InChI=1S/C14H20N2O3S/c1-9-7-11(20-10(9)2)8-15-14(19)16-6-4-3-5-12(16)13(17)18/h7,12H,3-6,8H2,1-2H3,(H,15,19)(H,17,18). The van der Waals surface area contributed by atoms with E-state index in [0.29, 0.717) is 19.5 Å². The molecule has 1 unspecified atom stereocenters. The number of urea groups is 1. The molecular formula is C14H20N2O3S. The lowest BCUT2D eigenvalue weighted by molar-refractivity contribution is -0.143. The van der Waals surface area contributed by atoms with Crippen molar-refractivity contribution < 1.29 is 14.7 Å². The summed E-state index contributed by atoms with van der Waals surface area (Å²) in [6.45, 7) is 5.07. The number of nitrogens with zero attached hydrogens (tertiary/aromatic N) is 1. The Kier molecular flexibility index (Phi) is 4.65. The van der Waals surface area contributed by atoms with Gasteiger partial charge in [-0.3, -0.25) is 0 Å². The highest BCUT2D eigenvalue weighted by Crippen LogP contribution is 2.21. The number of aryl methyl sites for hydroxylation is 2. The Bertz CT molecular complexity index is 493. The molecule has 0 saturated carbocycles. The Morgan fingerprint density at radius 2 is 2.20 bits per heavy atom. The molecule has 5 nitrogen and oxygen atoms in total. The maximum absolute atomic E-state index is 12.1. The first-order chi connectivity index (χ1) is 9.49. The van der Waals surface area contributed by atoms with Gasteiger partial charge in [-0.25, -0.2) is 9.59 Å². The van der Waals surface area contributed by atoms with Crippen molar-refractivity contribution in [3.8, 4) is 0 Å². The first-order valence-electron chi connectivity index (χ1n) is 6.82. The molecule has 2 heterocycles. The average molecular weight is 296 g/mol. The van der Waals surface area contributed by atoms with Crippen LogP contribution in [0.1, 0.15) is 34.6 Å². The number of amides is 2. The van der Waals surface area contributed by atoms with E-state index >= 15 is 0 Å². The second-order valence-electron chi connectivity index (χ2n) is 5.15. The smallest absolute Gasteiger partial charge is 0.326 e. The summed E-state index contributed by atoms with van der Waals surface area (Å²) in [7, 11) is 0. The van der Waals surface area contributed by atoms with Gasteiger partial charge in [0.1, 0.15) is 6.04 Å². The summed E-state index contributed by atoms with van der Waals surface area (Å²) >= 11 is 1.66. The van der Waals surface area contributed by atoms with Gasteiger partial charge in [-0.05, 0) is 44.7 Å². The maximum atomic E-state index is 12.1. The Labute approximate surface area is 122 Å². The monoisotopic (exact) mass is 296 g/mol. The predicted molar refractivity (Wildman–Crippen MR) is 78.0 cm³/mol. The average Bonchev–Trinajstić information content (AvgIpc) is 2.75. The fourth-order valence-corrected chi connectivity index (χ4v) is 3.43. The number of likely N-dealkylation sites (tertiary alicyclic amines) is 1. The minimum Gasteiger partial charge on any atom is -0.480 e. The molecule has 1 atom stereocenters. The second kappa shape index (κ2) is 6.26. The molecule has 0 aliphatic carbocycles. The van der Waals surface area contributed by atoms with Crippen molar-refractivity contribution in [3.63, 3.8) is 0 Å². The van der Waals surface area contributed by atoms with Gasteiger partial charge in [0.2, 0.25) is 0 Å². The molecule has 2 N–H and O–H groups in total. The van der Waals surface area contributed by atoms with Crippen LogP contribution in [0, 0.1) is 13.8 Å². The van der Waals surface area contributed by atoms with Crippen LogP contribution in [-0.2, 0) is 11.3 Å². The van der Waals surface area contributed by atoms with Crippen molar-refractivity contribution in [2.24, 2.45) is 0 Å². The zero-order valence-corrected chi connectivity index (χ0v) is 12.6. The van der Waals surface area contributed by atoms with Gasteiger partial charge < -0.3 is 15.3 Å². The highest BCUT2D eigenvalue weighted by atomic mass is 32.1. The number of aliphatic carboxylic acids is 1. The fraction of sp³-hybridized carbons (Fsp3) is 0.571. The number of rotatable bonds is 3. The molecule has 6 heteroatoms. The minimum atomic E-state index is -0.914. The van der Waals surface area contributed by atoms with Crippen molar-refractivity contribution >= 4 is 23.3 Å². The molecule has 1 aromatic rings. The number of hydrogen-bond acceptors (Lipinski definition) is 3. The number of nitrogens with one attached hydrogen (secondary N) is 1. The zero-order chi connectivity index (χ0) is 14.7. The Balaban J connectivity index is 1.94. The zero-order valence-electron chi connectivity index (χ0n) is 11.8. The third kappa shape index (κ3) is 3.30. The first-order valence-corrected chi connectivity index (χ1v) is 7.64. The van der Waals surface area contributed by atoms with Gasteiger partial charge >= 0.3 is 12.0 Å². The lowest BCUT2D eigenvalue weighted by atomic mass is 10.0. The van der Waals surface area contributed by atoms with Gasteiger partial charge in [0.15, 0.2) is 0 Å². The number of carbonyl (C=O) groups excluding carboxylic acids is 1. The molecule has 0 spiro atoms. The summed E-state index contributed by atoms with van der Waals surface area (Å²) in [5, 5.41) is 12.0. The van der Waals surface area contributed by atoms with Gasteiger partial charge in [-0.15, -0.1) is 11.3 Å². The normalized spacial score (nSPS) is 18.9. The molecule has 20 heavy (non-hydrogen) atoms. The summed E-state index contributed by atoms with van der Waals surface area (Å²) in [6, 6.07) is 1.10. The lowest BCUT2D eigenvalue weighted by Crippen LogP contribution is -2.51. The first kappa shape index (κ1) is 14.8. The molecule has 1 aliphatic heterocycles. The fourth-order valence-electron chi connectivity index (χ4n) is 2.43. The topological polar surface area (TPSA) is 69.6 Å². The molecule has 0 bridgehead atoms. The van der Waals surface area contributed by atoms with E-state index in [0.717, 1.165) is 17.7 Å². The summed E-state index contributed by atoms with van der Waals surface area (Å²) in [4.78, 5) is 27.1. The molecule has 1 fully saturated rings. The summed E-state index contributed by atoms with van der Waals surface area (Å²) in [6.07, 6.45) is 2.28. The molecule has 0 aromatic carbocycles. The quantitative estimate of drug-likeness (QED) is 0.900. The number of thiophene rings is 1. The number of carboxylic acid groups (broad SMARTS) is 1. The van der Waals surface area contributed by atoms with Crippen LogP contribution < -0.4 is 5.32 Å². The third-order valence-corrected chi connectivity index (χ3v) is 4.83. The molecule has 1 saturated heterocycles. The van der Waals surface area contributed by atoms with Crippen molar-refractivity contribution in [2.45, 2.75) is 45.7 Å². The van der Waals surface area contributed by atoms with Gasteiger partial charge in [-0.2, -0.15) is 0 Å². The predicted octanol–water partition coefficient (Wildman–Crippen LogP) is 2.51. The van der Waals surface area contributed by atoms with E-state index < -0.39 is 12.0 Å². The van der Waals surface area contributed by atoms with Crippen LogP contribution >= 0.6 is 11.3 Å². The second-order valence-corrected chi connectivity index (χ2v) is 6.49. The van der Waals surface area contributed by atoms with E-state index in [1.807, 2.05) is 6.92 Å². The lowest BCUT2D eigenvalue weighted by Gasteiger charge is -2.32.